The van der Waals surface area contributed by atoms with Crippen LogP contribution in [0, 0.1) is 52.4 Å². The molecule has 0 saturated carbocycles. The van der Waals surface area contributed by atoms with E-state index in [1.165, 1.54) is 0 Å². The molecule has 0 N–H and O–H groups in total. The van der Waals surface area contributed by atoms with Gasteiger partial charge in [0.25, 0.3) is 0 Å². The third-order valence-corrected chi connectivity index (χ3v) is 1.85. The number of hydrogen-bond acceptors (Lipinski definition) is 3. The Labute approximate surface area is 83.8 Å². The van der Waals surface area contributed by atoms with Gasteiger partial charge in [-0.25, -0.2) is 6.57 Å². The van der Waals surface area contributed by atoms with Crippen molar-refractivity contribution in [2.45, 2.75) is 19.3 Å². The van der Waals surface area contributed by atoms with Crippen molar-refractivity contribution < 1.29 is 0 Å². The normalized spacial score (nSPS) is 12.6. The molecule has 0 amide bonds. The van der Waals surface area contributed by atoms with E-state index in [0.29, 0.717) is 19.3 Å². The lowest BCUT2D eigenvalue weighted by atomic mass is 9.93. The first kappa shape index (κ1) is 12.0. The highest BCUT2D eigenvalue weighted by atomic mass is 14.6. The number of rotatable bonds is 5. The van der Waals surface area contributed by atoms with Gasteiger partial charge < -0.3 is 4.85 Å². The Kier molecular flexibility index (Phi) is 6.49. The summed E-state index contributed by atoms with van der Waals surface area (Å²) in [6.45, 7) is 6.75. The lowest BCUT2D eigenvalue weighted by Gasteiger charge is -2.06. The molecule has 0 heterocycles. The standard InChI is InChI=1S/C10H10N4/c1-14-8-10(7-13)5-9(6-12)3-2-4-11/h9-10H,2-3,5,8H2. The smallest absolute Gasteiger partial charge is 0.230 e. The van der Waals surface area contributed by atoms with E-state index in [2.05, 4.69) is 10.9 Å². The van der Waals surface area contributed by atoms with Gasteiger partial charge in [-0.3, -0.25) is 0 Å². The van der Waals surface area contributed by atoms with Crippen LogP contribution in [-0.4, -0.2) is 6.54 Å². The monoisotopic (exact) mass is 186 g/mol. The van der Waals surface area contributed by atoms with Crippen LogP contribution in [0.1, 0.15) is 19.3 Å². The molecular weight excluding hydrogens is 176 g/mol. The fourth-order valence-corrected chi connectivity index (χ4v) is 1.10. The molecule has 0 aliphatic carbocycles. The van der Waals surface area contributed by atoms with Gasteiger partial charge in [-0.05, 0) is 12.8 Å². The Morgan fingerprint density at radius 1 is 1.14 bits per heavy atom. The van der Waals surface area contributed by atoms with Gasteiger partial charge in [0.2, 0.25) is 6.54 Å². The molecule has 0 bridgehead atoms. The van der Waals surface area contributed by atoms with Crippen LogP contribution in [-0.2, 0) is 0 Å². The van der Waals surface area contributed by atoms with E-state index in [1.807, 2.05) is 12.1 Å². The average molecular weight is 186 g/mol. The minimum Gasteiger partial charge on any atom is -0.315 e. The second kappa shape index (κ2) is 7.60. The van der Waals surface area contributed by atoms with Crippen molar-refractivity contribution in [1.82, 2.24) is 0 Å². The van der Waals surface area contributed by atoms with E-state index in [1.54, 1.807) is 0 Å². The predicted molar refractivity (Wildman–Crippen MR) is 49.1 cm³/mol. The van der Waals surface area contributed by atoms with Gasteiger partial charge in [0.05, 0.1) is 18.2 Å². The summed E-state index contributed by atoms with van der Waals surface area (Å²) in [5.74, 6) is -0.656. The maximum Gasteiger partial charge on any atom is 0.230 e. The highest BCUT2D eigenvalue weighted by Gasteiger charge is 2.17. The zero-order valence-electron chi connectivity index (χ0n) is 7.77. The van der Waals surface area contributed by atoms with Crippen molar-refractivity contribution in [1.29, 1.82) is 15.8 Å². The SMILES string of the molecule is [C-]#[N+]CC(C#N)CC(C#N)CCC#N. The Balaban J connectivity index is 4.06. The van der Waals surface area contributed by atoms with E-state index in [9.17, 15) is 0 Å². The lowest BCUT2D eigenvalue weighted by molar-refractivity contribution is 0.494. The molecule has 0 radical (unpaired) electrons. The van der Waals surface area contributed by atoms with Crippen molar-refractivity contribution in [3.8, 4) is 18.2 Å². The molecular formula is C10H10N4. The Morgan fingerprint density at radius 2 is 1.79 bits per heavy atom. The second-order valence-electron chi connectivity index (χ2n) is 2.93. The fourth-order valence-electron chi connectivity index (χ4n) is 1.10. The van der Waals surface area contributed by atoms with Crippen LogP contribution in [0.5, 0.6) is 0 Å². The van der Waals surface area contributed by atoms with Crippen molar-refractivity contribution in [3.63, 3.8) is 0 Å². The molecule has 0 saturated heterocycles. The molecule has 70 valence electrons. The quantitative estimate of drug-likeness (QED) is 0.615. The van der Waals surface area contributed by atoms with E-state index >= 15 is 0 Å². The molecule has 14 heavy (non-hydrogen) atoms. The zero-order chi connectivity index (χ0) is 10.8. The van der Waals surface area contributed by atoms with Gasteiger partial charge >= 0.3 is 0 Å². The summed E-state index contributed by atoms with van der Waals surface area (Å²) in [5, 5.41) is 25.7. The van der Waals surface area contributed by atoms with Crippen LogP contribution in [0.25, 0.3) is 4.85 Å². The van der Waals surface area contributed by atoms with Gasteiger partial charge in [0.15, 0.2) is 0 Å². The molecule has 0 aromatic rings. The lowest BCUT2D eigenvalue weighted by Crippen LogP contribution is -2.08. The summed E-state index contributed by atoms with van der Waals surface area (Å²) >= 11 is 0. The maximum atomic E-state index is 8.72. The molecule has 4 heteroatoms. The first-order valence-corrected chi connectivity index (χ1v) is 4.27. The van der Waals surface area contributed by atoms with Crippen molar-refractivity contribution in [2.75, 3.05) is 6.54 Å². The van der Waals surface area contributed by atoms with E-state index in [-0.39, 0.29) is 18.4 Å². The highest BCUT2D eigenvalue weighted by Crippen LogP contribution is 2.16. The minimum absolute atomic E-state index is 0.140. The van der Waals surface area contributed by atoms with Gasteiger partial charge in [-0.1, -0.05) is 0 Å². The summed E-state index contributed by atoms with van der Waals surface area (Å²) in [6, 6.07) is 6.01. The van der Waals surface area contributed by atoms with Crippen LogP contribution in [0.3, 0.4) is 0 Å². The van der Waals surface area contributed by atoms with Gasteiger partial charge in [-0.2, -0.15) is 15.8 Å². The van der Waals surface area contributed by atoms with Crippen molar-refractivity contribution in [2.24, 2.45) is 11.8 Å². The third-order valence-electron chi connectivity index (χ3n) is 1.85. The largest absolute Gasteiger partial charge is 0.315 e. The van der Waals surface area contributed by atoms with E-state index < -0.39 is 0 Å². The van der Waals surface area contributed by atoms with Crippen molar-refractivity contribution in [3.05, 3.63) is 11.4 Å². The summed E-state index contributed by atoms with van der Waals surface area (Å²) in [4.78, 5) is 3.13. The molecule has 0 aromatic heterocycles. The Morgan fingerprint density at radius 3 is 2.21 bits per heavy atom. The molecule has 0 rings (SSSR count). The molecule has 2 atom stereocenters. The Hall–Kier alpha value is -2.04. The van der Waals surface area contributed by atoms with Crippen LogP contribution in [0.2, 0.25) is 0 Å². The van der Waals surface area contributed by atoms with E-state index in [0.717, 1.165) is 0 Å². The highest BCUT2D eigenvalue weighted by molar-refractivity contribution is 4.95. The summed E-state index contributed by atoms with van der Waals surface area (Å²) in [5.41, 5.74) is 0. The van der Waals surface area contributed by atoms with Crippen LogP contribution < -0.4 is 0 Å². The van der Waals surface area contributed by atoms with Crippen LogP contribution in [0.4, 0.5) is 0 Å². The number of nitrogens with zero attached hydrogens (tertiary/aromatic N) is 4. The maximum absolute atomic E-state index is 8.72. The Bertz CT molecular complexity index is 320. The molecule has 4 nitrogen and oxygen atoms in total. The zero-order valence-corrected chi connectivity index (χ0v) is 7.77. The first-order chi connectivity index (χ1) is 6.78. The molecule has 0 aromatic carbocycles. The number of hydrogen-bond donors (Lipinski definition) is 0. The molecule has 0 aliphatic heterocycles. The number of nitriles is 3. The topological polar surface area (TPSA) is 75.7 Å². The van der Waals surface area contributed by atoms with Crippen molar-refractivity contribution >= 4 is 0 Å². The van der Waals surface area contributed by atoms with Gasteiger partial charge in [-0.15, -0.1) is 0 Å². The van der Waals surface area contributed by atoms with Gasteiger partial charge in [0, 0.05) is 12.3 Å². The molecule has 2 unspecified atom stereocenters. The molecule has 0 fully saturated rings. The average Bonchev–Trinajstić information content (AvgIpc) is 2.22. The van der Waals surface area contributed by atoms with E-state index in [4.69, 9.17) is 22.4 Å². The molecule has 0 aliphatic rings. The van der Waals surface area contributed by atoms with Crippen LogP contribution in [0.15, 0.2) is 0 Å². The summed E-state index contributed by atoms with van der Waals surface area (Å²) in [6.07, 6.45) is 1.22. The third kappa shape index (κ3) is 4.76. The fraction of sp³-hybridized carbons (Fsp3) is 0.600. The summed E-state index contributed by atoms with van der Waals surface area (Å²) < 4.78 is 0. The second-order valence-corrected chi connectivity index (χ2v) is 2.93. The minimum atomic E-state index is -0.379. The summed E-state index contributed by atoms with van der Waals surface area (Å²) in [7, 11) is 0. The predicted octanol–water partition coefficient (Wildman–Crippen LogP) is 1.88. The van der Waals surface area contributed by atoms with Gasteiger partial charge in [0.1, 0.15) is 5.92 Å². The first-order valence-electron chi connectivity index (χ1n) is 4.27. The van der Waals surface area contributed by atoms with Crippen LogP contribution >= 0.6 is 0 Å². The molecule has 0 spiro atoms.